The Morgan fingerprint density at radius 1 is 1.35 bits per heavy atom. The summed E-state index contributed by atoms with van der Waals surface area (Å²) in [6.07, 6.45) is 3.83. The van der Waals surface area contributed by atoms with Crippen LogP contribution in [0.3, 0.4) is 0 Å². The molecule has 1 unspecified atom stereocenters. The van der Waals surface area contributed by atoms with E-state index in [-0.39, 0.29) is 12.1 Å². The van der Waals surface area contributed by atoms with E-state index in [2.05, 4.69) is 17.6 Å². The first kappa shape index (κ1) is 11.6. The zero-order valence-electron chi connectivity index (χ0n) is 9.82. The van der Waals surface area contributed by atoms with E-state index >= 15 is 0 Å². The van der Waals surface area contributed by atoms with E-state index < -0.39 is 0 Å². The number of amides is 1. The van der Waals surface area contributed by atoms with Crippen LogP contribution < -0.4 is 10.6 Å². The van der Waals surface area contributed by atoms with Gasteiger partial charge >= 0.3 is 0 Å². The number of unbranched alkanes of at least 4 members (excludes halogenated alkanes) is 1. The lowest BCUT2D eigenvalue weighted by molar-refractivity contribution is 0.0933. The average molecular weight is 232 g/mol. The normalized spacial score (nSPS) is 17.9. The van der Waals surface area contributed by atoms with Gasteiger partial charge in [-0.15, -0.1) is 0 Å². The Morgan fingerprint density at radius 3 is 2.88 bits per heavy atom. The first-order chi connectivity index (χ1) is 8.24. The number of aldehydes is 1. The van der Waals surface area contributed by atoms with Crippen LogP contribution in [0.1, 0.15) is 46.9 Å². The molecule has 1 atom stereocenters. The topological polar surface area (TPSA) is 58.2 Å². The second-order valence-corrected chi connectivity index (χ2v) is 4.24. The summed E-state index contributed by atoms with van der Waals surface area (Å²) in [7, 11) is 0. The molecule has 1 aromatic carbocycles. The van der Waals surface area contributed by atoms with E-state index in [1.165, 1.54) is 0 Å². The van der Waals surface area contributed by atoms with E-state index in [1.54, 1.807) is 18.2 Å². The minimum Gasteiger partial charge on any atom is -0.365 e. The molecule has 1 heterocycles. The molecule has 90 valence electrons. The van der Waals surface area contributed by atoms with Crippen LogP contribution in [0, 0.1) is 0 Å². The maximum absolute atomic E-state index is 11.9. The van der Waals surface area contributed by atoms with Crippen LogP contribution in [0.2, 0.25) is 0 Å². The molecule has 4 nitrogen and oxygen atoms in total. The van der Waals surface area contributed by atoms with Gasteiger partial charge in [-0.2, -0.15) is 0 Å². The molecule has 0 saturated heterocycles. The summed E-state index contributed by atoms with van der Waals surface area (Å²) in [4.78, 5) is 22.5. The Hall–Kier alpha value is -1.84. The van der Waals surface area contributed by atoms with Gasteiger partial charge in [0.2, 0.25) is 0 Å². The molecule has 4 heteroatoms. The maximum Gasteiger partial charge on any atom is 0.254 e. The molecule has 1 aliphatic heterocycles. The van der Waals surface area contributed by atoms with Crippen molar-refractivity contribution in [3.63, 3.8) is 0 Å². The third kappa shape index (κ3) is 2.46. The minimum absolute atomic E-state index is 0.00275. The van der Waals surface area contributed by atoms with E-state index in [4.69, 9.17) is 0 Å². The summed E-state index contributed by atoms with van der Waals surface area (Å²) in [5.41, 5.74) is 1.87. The van der Waals surface area contributed by atoms with Crippen LogP contribution in [0.4, 0.5) is 5.69 Å². The Balaban J connectivity index is 2.19. The van der Waals surface area contributed by atoms with Gasteiger partial charge < -0.3 is 10.6 Å². The van der Waals surface area contributed by atoms with E-state index in [0.717, 1.165) is 31.2 Å². The van der Waals surface area contributed by atoms with Crippen molar-refractivity contribution >= 4 is 17.9 Å². The molecule has 1 amide bonds. The second-order valence-electron chi connectivity index (χ2n) is 4.24. The van der Waals surface area contributed by atoms with Crippen molar-refractivity contribution in [1.82, 2.24) is 5.32 Å². The van der Waals surface area contributed by atoms with Crippen molar-refractivity contribution in [2.45, 2.75) is 32.4 Å². The number of carbonyl (C=O) groups excluding carboxylic acids is 2. The number of benzene rings is 1. The highest BCUT2D eigenvalue weighted by Crippen LogP contribution is 2.22. The first-order valence-corrected chi connectivity index (χ1v) is 5.91. The Bertz CT molecular complexity index is 443. The summed E-state index contributed by atoms with van der Waals surface area (Å²) >= 11 is 0. The van der Waals surface area contributed by atoms with E-state index in [0.29, 0.717) is 11.1 Å². The molecular weight excluding hydrogens is 216 g/mol. The highest BCUT2D eigenvalue weighted by atomic mass is 16.2. The number of anilines is 1. The number of nitrogens with one attached hydrogen (secondary N) is 2. The van der Waals surface area contributed by atoms with Crippen molar-refractivity contribution in [3.8, 4) is 0 Å². The lowest BCUT2D eigenvalue weighted by Crippen LogP contribution is -2.44. The molecule has 0 aliphatic carbocycles. The number of hydrogen-bond acceptors (Lipinski definition) is 3. The fourth-order valence-electron chi connectivity index (χ4n) is 1.96. The standard InChI is InChI=1S/C13H16N2O2/c1-2-3-4-12-14-11-6-5-9(8-16)7-10(11)13(17)15-12/h5-8,12,14H,2-4H2,1H3,(H,15,17). The quantitative estimate of drug-likeness (QED) is 0.782. The predicted molar refractivity (Wildman–Crippen MR) is 66.2 cm³/mol. The Morgan fingerprint density at radius 2 is 2.18 bits per heavy atom. The maximum atomic E-state index is 11.9. The summed E-state index contributed by atoms with van der Waals surface area (Å²) in [6, 6.07) is 5.12. The lowest BCUT2D eigenvalue weighted by Gasteiger charge is -2.27. The van der Waals surface area contributed by atoms with Crippen LogP contribution in [-0.4, -0.2) is 18.4 Å². The van der Waals surface area contributed by atoms with Gasteiger partial charge in [-0.3, -0.25) is 9.59 Å². The molecule has 0 fully saturated rings. The monoisotopic (exact) mass is 232 g/mol. The summed E-state index contributed by atoms with van der Waals surface area (Å²) in [5.74, 6) is -0.108. The Labute approximate surface area is 100 Å². The fourth-order valence-corrected chi connectivity index (χ4v) is 1.96. The van der Waals surface area contributed by atoms with Crippen LogP contribution >= 0.6 is 0 Å². The summed E-state index contributed by atoms with van der Waals surface area (Å²) in [5, 5.41) is 6.16. The smallest absolute Gasteiger partial charge is 0.254 e. The molecule has 2 rings (SSSR count). The highest BCUT2D eigenvalue weighted by Gasteiger charge is 2.22. The van der Waals surface area contributed by atoms with Gasteiger partial charge in [-0.1, -0.05) is 13.3 Å². The van der Waals surface area contributed by atoms with Gasteiger partial charge in [0.05, 0.1) is 11.7 Å². The van der Waals surface area contributed by atoms with E-state index in [1.807, 2.05) is 0 Å². The zero-order valence-corrected chi connectivity index (χ0v) is 9.82. The van der Waals surface area contributed by atoms with E-state index in [9.17, 15) is 9.59 Å². The van der Waals surface area contributed by atoms with Gasteiger partial charge in [0.1, 0.15) is 6.29 Å². The van der Waals surface area contributed by atoms with Gasteiger partial charge in [-0.25, -0.2) is 0 Å². The SMILES string of the molecule is CCCCC1NC(=O)c2cc(C=O)ccc2N1. The highest BCUT2D eigenvalue weighted by molar-refractivity contribution is 6.02. The third-order valence-electron chi connectivity index (χ3n) is 2.91. The van der Waals surface area contributed by atoms with Gasteiger partial charge in [0.25, 0.3) is 5.91 Å². The third-order valence-corrected chi connectivity index (χ3v) is 2.91. The molecular formula is C13H16N2O2. The molecule has 1 aliphatic rings. The molecule has 0 aromatic heterocycles. The largest absolute Gasteiger partial charge is 0.365 e. The fraction of sp³-hybridized carbons (Fsp3) is 0.385. The molecule has 17 heavy (non-hydrogen) atoms. The first-order valence-electron chi connectivity index (χ1n) is 5.91. The van der Waals surface area contributed by atoms with Crippen molar-refractivity contribution in [3.05, 3.63) is 29.3 Å². The van der Waals surface area contributed by atoms with Gasteiger partial charge in [-0.05, 0) is 31.0 Å². The molecule has 0 bridgehead atoms. The Kier molecular flexibility index (Phi) is 3.42. The number of rotatable bonds is 4. The van der Waals surface area contributed by atoms with Crippen molar-refractivity contribution in [1.29, 1.82) is 0 Å². The zero-order chi connectivity index (χ0) is 12.3. The van der Waals surface area contributed by atoms with Crippen molar-refractivity contribution < 1.29 is 9.59 Å². The van der Waals surface area contributed by atoms with Crippen molar-refractivity contribution in [2.24, 2.45) is 0 Å². The molecule has 1 aromatic rings. The van der Waals surface area contributed by atoms with Crippen LogP contribution in [-0.2, 0) is 0 Å². The molecule has 0 saturated carbocycles. The molecule has 0 spiro atoms. The molecule has 2 N–H and O–H groups in total. The summed E-state index contributed by atoms with van der Waals surface area (Å²) < 4.78 is 0. The number of fused-ring (bicyclic) bond motifs is 1. The number of carbonyl (C=O) groups is 2. The van der Waals surface area contributed by atoms with Gasteiger partial charge in [0, 0.05) is 11.3 Å². The van der Waals surface area contributed by atoms with Crippen LogP contribution in [0.5, 0.6) is 0 Å². The van der Waals surface area contributed by atoms with Crippen molar-refractivity contribution in [2.75, 3.05) is 5.32 Å². The molecule has 0 radical (unpaired) electrons. The average Bonchev–Trinajstić information content (AvgIpc) is 2.36. The number of hydrogen-bond donors (Lipinski definition) is 2. The van der Waals surface area contributed by atoms with Crippen LogP contribution in [0.25, 0.3) is 0 Å². The second kappa shape index (κ2) is 4.99. The predicted octanol–water partition coefficient (Wildman–Crippen LogP) is 2.17. The van der Waals surface area contributed by atoms with Gasteiger partial charge in [0.15, 0.2) is 0 Å². The van der Waals surface area contributed by atoms with Crippen LogP contribution in [0.15, 0.2) is 18.2 Å². The summed E-state index contributed by atoms with van der Waals surface area (Å²) in [6.45, 7) is 2.12. The minimum atomic E-state index is -0.108. The lowest BCUT2D eigenvalue weighted by atomic mass is 10.0.